The van der Waals surface area contributed by atoms with Crippen LogP contribution in [-0.2, 0) is 6.42 Å². The predicted octanol–water partition coefficient (Wildman–Crippen LogP) is 4.03. The molecule has 1 aromatic heterocycles. The van der Waals surface area contributed by atoms with Gasteiger partial charge in [-0.1, -0.05) is 54.6 Å². The molecule has 0 unspecified atom stereocenters. The first-order valence-electron chi connectivity index (χ1n) is 6.15. The smallest absolute Gasteiger partial charge is 0.0705 e. The number of fused-ring (bicyclic) bond motifs is 1. The highest BCUT2D eigenvalue weighted by Crippen LogP contribution is 2.14. The van der Waals surface area contributed by atoms with E-state index in [1.165, 1.54) is 10.9 Å². The summed E-state index contributed by atoms with van der Waals surface area (Å²) in [6.45, 7) is 0. The van der Waals surface area contributed by atoms with Crippen molar-refractivity contribution in [2.75, 3.05) is 0 Å². The Morgan fingerprint density at radius 2 is 1.56 bits per heavy atom. The van der Waals surface area contributed by atoms with Crippen molar-refractivity contribution in [1.29, 1.82) is 0 Å². The van der Waals surface area contributed by atoms with E-state index in [4.69, 9.17) is 0 Å². The lowest BCUT2D eigenvalue weighted by Crippen LogP contribution is -1.92. The predicted molar refractivity (Wildman–Crippen MR) is 75.3 cm³/mol. The molecule has 0 amide bonds. The second-order valence-corrected chi connectivity index (χ2v) is 4.32. The largest absolute Gasteiger partial charge is 0.253 e. The van der Waals surface area contributed by atoms with Crippen molar-refractivity contribution in [2.24, 2.45) is 0 Å². The zero-order chi connectivity index (χ0) is 12.2. The maximum absolute atomic E-state index is 4.63. The highest BCUT2D eigenvalue weighted by Gasteiger charge is 1.99. The van der Waals surface area contributed by atoms with Crippen LogP contribution < -0.4 is 0 Å². The van der Waals surface area contributed by atoms with Gasteiger partial charge in [-0.25, -0.2) is 0 Å². The monoisotopic (exact) mass is 232 g/mol. The minimum absolute atomic E-state index is 0.923. The van der Waals surface area contributed by atoms with Crippen molar-refractivity contribution < 1.29 is 0 Å². The van der Waals surface area contributed by atoms with Crippen LogP contribution in [0.5, 0.6) is 0 Å². The van der Waals surface area contributed by atoms with E-state index < -0.39 is 0 Å². The molecule has 3 aromatic rings. The van der Waals surface area contributed by atoms with Crippen LogP contribution in [0, 0.1) is 6.42 Å². The lowest BCUT2D eigenvalue weighted by molar-refractivity contribution is 1.12. The van der Waals surface area contributed by atoms with Crippen LogP contribution >= 0.6 is 0 Å². The molecule has 1 radical (unpaired) electrons. The number of aromatic nitrogens is 1. The van der Waals surface area contributed by atoms with Crippen LogP contribution in [0.25, 0.3) is 10.9 Å². The molecular formula is C17H14N. The van der Waals surface area contributed by atoms with Crippen LogP contribution in [0.15, 0.2) is 66.7 Å². The van der Waals surface area contributed by atoms with Crippen LogP contribution in [0.4, 0.5) is 0 Å². The van der Waals surface area contributed by atoms with Crippen LogP contribution in [0.3, 0.4) is 0 Å². The standard InChI is InChI=1S/C17H14N/c1-2-6-14(7-3-1)10-12-16-13-11-15-8-4-5-9-17(15)18-16/h1-9,11-13H,10H2. The van der Waals surface area contributed by atoms with Gasteiger partial charge in [-0.2, -0.15) is 0 Å². The molecule has 0 atom stereocenters. The average Bonchev–Trinajstić information content (AvgIpc) is 2.46. The molecule has 0 N–H and O–H groups in total. The Labute approximate surface area is 107 Å². The van der Waals surface area contributed by atoms with E-state index in [0.29, 0.717) is 0 Å². The van der Waals surface area contributed by atoms with Gasteiger partial charge in [-0.05, 0) is 24.1 Å². The van der Waals surface area contributed by atoms with E-state index in [2.05, 4.69) is 59.9 Å². The minimum atomic E-state index is 0.923. The number of nitrogens with zero attached hydrogens (tertiary/aromatic N) is 1. The lowest BCUT2D eigenvalue weighted by atomic mass is 10.1. The summed E-state index contributed by atoms with van der Waals surface area (Å²) >= 11 is 0. The zero-order valence-corrected chi connectivity index (χ0v) is 10.1. The normalized spacial score (nSPS) is 10.7. The quantitative estimate of drug-likeness (QED) is 0.664. The number of pyridine rings is 1. The fourth-order valence-corrected chi connectivity index (χ4v) is 2.03. The SMILES string of the molecule is [CH](Cc1ccccc1)c1ccc2ccccc2n1. The third kappa shape index (κ3) is 2.40. The fourth-order valence-electron chi connectivity index (χ4n) is 2.03. The van der Waals surface area contributed by atoms with Gasteiger partial charge in [0.1, 0.15) is 0 Å². The molecule has 0 fully saturated rings. The number of rotatable bonds is 3. The highest BCUT2D eigenvalue weighted by molar-refractivity contribution is 5.78. The molecule has 2 aromatic carbocycles. The van der Waals surface area contributed by atoms with Crippen molar-refractivity contribution in [1.82, 2.24) is 4.98 Å². The Morgan fingerprint density at radius 3 is 2.44 bits per heavy atom. The maximum atomic E-state index is 4.63. The van der Waals surface area contributed by atoms with Crippen molar-refractivity contribution in [2.45, 2.75) is 6.42 Å². The summed E-state index contributed by atoms with van der Waals surface area (Å²) in [7, 11) is 0. The molecule has 0 aliphatic rings. The van der Waals surface area contributed by atoms with E-state index in [0.717, 1.165) is 17.6 Å². The molecule has 0 bridgehead atoms. The molecule has 0 saturated carbocycles. The summed E-state index contributed by atoms with van der Waals surface area (Å²) in [6.07, 6.45) is 3.09. The van der Waals surface area contributed by atoms with E-state index in [9.17, 15) is 0 Å². The second kappa shape index (κ2) is 5.01. The molecule has 0 aliphatic carbocycles. The highest BCUT2D eigenvalue weighted by atomic mass is 14.7. The molecule has 0 spiro atoms. The molecule has 18 heavy (non-hydrogen) atoms. The van der Waals surface area contributed by atoms with E-state index in [1.807, 2.05) is 18.2 Å². The summed E-state index contributed by atoms with van der Waals surface area (Å²) in [5.41, 5.74) is 3.41. The Morgan fingerprint density at radius 1 is 0.778 bits per heavy atom. The van der Waals surface area contributed by atoms with Gasteiger partial charge in [0.05, 0.1) is 5.52 Å². The molecule has 87 valence electrons. The molecule has 1 heterocycles. The molecule has 1 nitrogen and oxygen atoms in total. The summed E-state index contributed by atoms with van der Waals surface area (Å²) < 4.78 is 0. The Balaban J connectivity index is 1.79. The van der Waals surface area contributed by atoms with Crippen LogP contribution in [-0.4, -0.2) is 4.98 Å². The van der Waals surface area contributed by atoms with E-state index in [1.54, 1.807) is 0 Å². The molecule has 0 saturated heterocycles. The first-order valence-corrected chi connectivity index (χ1v) is 6.15. The van der Waals surface area contributed by atoms with Gasteiger partial charge in [0.2, 0.25) is 0 Å². The Bertz CT molecular complexity index is 644. The van der Waals surface area contributed by atoms with Crippen molar-refractivity contribution in [3.05, 3.63) is 84.4 Å². The van der Waals surface area contributed by atoms with E-state index >= 15 is 0 Å². The molecule has 1 heteroatoms. The van der Waals surface area contributed by atoms with Gasteiger partial charge >= 0.3 is 0 Å². The molecule has 0 aliphatic heterocycles. The first kappa shape index (κ1) is 11.0. The number of benzene rings is 2. The van der Waals surface area contributed by atoms with Gasteiger partial charge < -0.3 is 0 Å². The van der Waals surface area contributed by atoms with Gasteiger partial charge in [0.15, 0.2) is 0 Å². The lowest BCUT2D eigenvalue weighted by Gasteiger charge is -2.03. The summed E-state index contributed by atoms with van der Waals surface area (Å²) in [5, 5.41) is 1.19. The number of para-hydroxylation sites is 1. The van der Waals surface area contributed by atoms with Crippen molar-refractivity contribution in [3.8, 4) is 0 Å². The fraction of sp³-hybridized carbons (Fsp3) is 0.0588. The first-order chi connectivity index (χ1) is 8.92. The summed E-state index contributed by atoms with van der Waals surface area (Å²) in [5.74, 6) is 0. The van der Waals surface area contributed by atoms with Crippen molar-refractivity contribution in [3.63, 3.8) is 0 Å². The third-order valence-electron chi connectivity index (χ3n) is 3.01. The summed E-state index contributed by atoms with van der Waals surface area (Å²) in [6, 6.07) is 22.8. The average molecular weight is 232 g/mol. The zero-order valence-electron chi connectivity index (χ0n) is 10.1. The van der Waals surface area contributed by atoms with Gasteiger partial charge in [-0.15, -0.1) is 0 Å². The number of hydrogen-bond acceptors (Lipinski definition) is 1. The van der Waals surface area contributed by atoms with Gasteiger partial charge in [-0.3, -0.25) is 4.98 Å². The Hall–Kier alpha value is -2.15. The number of hydrogen-bond donors (Lipinski definition) is 0. The molecule has 3 rings (SSSR count). The minimum Gasteiger partial charge on any atom is -0.253 e. The van der Waals surface area contributed by atoms with Crippen molar-refractivity contribution >= 4 is 10.9 Å². The second-order valence-electron chi connectivity index (χ2n) is 4.32. The van der Waals surface area contributed by atoms with E-state index in [-0.39, 0.29) is 0 Å². The third-order valence-corrected chi connectivity index (χ3v) is 3.01. The summed E-state index contributed by atoms with van der Waals surface area (Å²) in [4.78, 5) is 4.63. The Kier molecular flexibility index (Phi) is 3.05. The van der Waals surface area contributed by atoms with Crippen LogP contribution in [0.2, 0.25) is 0 Å². The molecular weight excluding hydrogens is 218 g/mol. The van der Waals surface area contributed by atoms with Crippen LogP contribution in [0.1, 0.15) is 11.3 Å². The topological polar surface area (TPSA) is 12.9 Å². The van der Waals surface area contributed by atoms with Gasteiger partial charge in [0, 0.05) is 17.5 Å². The van der Waals surface area contributed by atoms with Gasteiger partial charge in [0.25, 0.3) is 0 Å². The maximum Gasteiger partial charge on any atom is 0.0705 e.